The van der Waals surface area contributed by atoms with E-state index in [0.717, 1.165) is 18.1 Å². The van der Waals surface area contributed by atoms with E-state index in [9.17, 15) is 32.6 Å². The first-order chi connectivity index (χ1) is 20.7. The standard InChI is InChI=1S/C35H34F4O4/c1-2-3-29(40)28-17-16-26(31(36)33(28)38)23-8-10-24(11-9-23)35(42)43-25-14-12-21(13-15-25)20-4-6-22(7-5-20)27-18-19-30(41)34(39)32(27)37/h6,8,12-20,24,29,40-41H,2-5,7,9-11H2,1H3. The number of allylic oxidation sites excluding steroid dienone is 4. The van der Waals surface area contributed by atoms with E-state index in [1.807, 2.05) is 25.1 Å². The van der Waals surface area contributed by atoms with Crippen LogP contribution in [0.1, 0.15) is 92.6 Å². The van der Waals surface area contributed by atoms with E-state index < -0.39 is 41.0 Å². The van der Waals surface area contributed by atoms with Crippen LogP contribution in [-0.2, 0) is 4.79 Å². The topological polar surface area (TPSA) is 66.8 Å². The minimum Gasteiger partial charge on any atom is -0.505 e. The molecule has 0 spiro atoms. The maximum Gasteiger partial charge on any atom is 0.314 e. The SMILES string of the molecule is CCCC(O)c1ccc(C2=CCC(C(=O)Oc3ccc(C4CC=C(c5ccc(O)c(F)c5F)CC4)cc3)CC2)c(F)c1F. The summed E-state index contributed by atoms with van der Waals surface area (Å²) in [5.74, 6) is -5.22. The van der Waals surface area contributed by atoms with Crippen LogP contribution >= 0.6 is 0 Å². The second-order valence-corrected chi connectivity index (χ2v) is 11.3. The average molecular weight is 595 g/mol. The molecular formula is C35H34F4O4. The number of aromatic hydroxyl groups is 1. The summed E-state index contributed by atoms with van der Waals surface area (Å²) in [6, 6.07) is 12.7. The Labute approximate surface area is 248 Å². The second kappa shape index (κ2) is 13.2. The highest BCUT2D eigenvalue weighted by Crippen LogP contribution is 2.39. The molecular weight excluding hydrogens is 560 g/mol. The van der Waals surface area contributed by atoms with Crippen LogP contribution in [0.5, 0.6) is 11.5 Å². The quantitative estimate of drug-likeness (QED) is 0.155. The number of ether oxygens (including phenoxy) is 1. The molecule has 5 rings (SSSR count). The third-order valence-electron chi connectivity index (χ3n) is 8.51. The van der Waals surface area contributed by atoms with Gasteiger partial charge in [0.1, 0.15) is 5.75 Å². The van der Waals surface area contributed by atoms with E-state index in [2.05, 4.69) is 0 Å². The normalized spacial score (nSPS) is 19.4. The molecule has 0 aromatic heterocycles. The van der Waals surface area contributed by atoms with Gasteiger partial charge in [0.15, 0.2) is 23.2 Å². The largest absolute Gasteiger partial charge is 0.505 e. The zero-order valence-corrected chi connectivity index (χ0v) is 23.9. The van der Waals surface area contributed by atoms with Gasteiger partial charge in [-0.3, -0.25) is 4.79 Å². The number of hydrogen-bond donors (Lipinski definition) is 2. The van der Waals surface area contributed by atoms with Crippen LogP contribution in [0.3, 0.4) is 0 Å². The summed E-state index contributed by atoms with van der Waals surface area (Å²) in [5, 5.41) is 19.5. The molecule has 0 radical (unpaired) electrons. The first-order valence-electron chi connectivity index (χ1n) is 14.7. The molecule has 0 amide bonds. The fourth-order valence-electron chi connectivity index (χ4n) is 5.97. The Bertz CT molecular complexity index is 1560. The summed E-state index contributed by atoms with van der Waals surface area (Å²) in [5.41, 5.74) is 2.65. The number of esters is 1. The Balaban J connectivity index is 1.17. The van der Waals surface area contributed by atoms with Gasteiger partial charge in [0.2, 0.25) is 5.82 Å². The maximum atomic E-state index is 14.8. The lowest BCUT2D eigenvalue weighted by Crippen LogP contribution is -2.22. The fourth-order valence-corrected chi connectivity index (χ4v) is 5.97. The van der Waals surface area contributed by atoms with Crippen molar-refractivity contribution in [2.75, 3.05) is 0 Å². The van der Waals surface area contributed by atoms with Gasteiger partial charge in [-0.05, 0) is 91.8 Å². The van der Waals surface area contributed by atoms with Gasteiger partial charge in [-0.15, -0.1) is 0 Å². The second-order valence-electron chi connectivity index (χ2n) is 11.3. The van der Waals surface area contributed by atoms with Crippen LogP contribution in [-0.4, -0.2) is 16.2 Å². The number of rotatable bonds is 8. The molecule has 2 aliphatic carbocycles. The van der Waals surface area contributed by atoms with Crippen molar-refractivity contribution in [1.29, 1.82) is 0 Å². The highest BCUT2D eigenvalue weighted by atomic mass is 19.2. The smallest absolute Gasteiger partial charge is 0.314 e. The van der Waals surface area contributed by atoms with Crippen molar-refractivity contribution in [3.05, 3.63) is 106 Å². The van der Waals surface area contributed by atoms with E-state index in [0.29, 0.717) is 61.8 Å². The predicted molar refractivity (Wildman–Crippen MR) is 156 cm³/mol. The fraction of sp³-hybridized carbons (Fsp3) is 0.343. The van der Waals surface area contributed by atoms with Crippen molar-refractivity contribution in [1.82, 2.24) is 0 Å². The van der Waals surface area contributed by atoms with Crippen LogP contribution in [0.25, 0.3) is 11.1 Å². The molecule has 0 bridgehead atoms. The van der Waals surface area contributed by atoms with Crippen LogP contribution in [0.15, 0.2) is 60.7 Å². The zero-order chi connectivity index (χ0) is 30.7. The first kappa shape index (κ1) is 30.5. The number of halogens is 4. The zero-order valence-electron chi connectivity index (χ0n) is 23.9. The van der Waals surface area contributed by atoms with Crippen molar-refractivity contribution in [2.45, 2.75) is 70.3 Å². The Morgan fingerprint density at radius 1 is 0.837 bits per heavy atom. The lowest BCUT2D eigenvalue weighted by atomic mass is 9.82. The molecule has 3 aromatic rings. The van der Waals surface area contributed by atoms with Crippen molar-refractivity contribution >= 4 is 17.1 Å². The van der Waals surface area contributed by atoms with Gasteiger partial charge < -0.3 is 14.9 Å². The van der Waals surface area contributed by atoms with Crippen LogP contribution in [0, 0.1) is 29.2 Å². The molecule has 2 aliphatic rings. The summed E-state index contributed by atoms with van der Waals surface area (Å²) in [7, 11) is 0. The molecule has 3 atom stereocenters. The number of phenols is 1. The number of aliphatic hydroxyl groups excluding tert-OH is 1. The van der Waals surface area contributed by atoms with Crippen molar-refractivity contribution in [3.8, 4) is 11.5 Å². The third kappa shape index (κ3) is 6.54. The van der Waals surface area contributed by atoms with Gasteiger partial charge in [-0.1, -0.05) is 49.8 Å². The van der Waals surface area contributed by atoms with Crippen LogP contribution < -0.4 is 4.74 Å². The molecule has 0 fully saturated rings. The molecule has 226 valence electrons. The Hall–Kier alpha value is -3.91. The number of benzene rings is 3. The number of carbonyl (C=O) groups is 1. The monoisotopic (exact) mass is 594 g/mol. The molecule has 0 saturated heterocycles. The summed E-state index contributed by atoms with van der Waals surface area (Å²) in [6.45, 7) is 1.86. The lowest BCUT2D eigenvalue weighted by molar-refractivity contribution is -0.139. The molecule has 8 heteroatoms. The molecule has 2 N–H and O–H groups in total. The molecule has 43 heavy (non-hydrogen) atoms. The predicted octanol–water partition coefficient (Wildman–Crippen LogP) is 8.92. The highest BCUT2D eigenvalue weighted by molar-refractivity contribution is 5.78. The Morgan fingerprint density at radius 2 is 1.47 bits per heavy atom. The minimum absolute atomic E-state index is 0.0437. The molecule has 0 saturated carbocycles. The van der Waals surface area contributed by atoms with E-state index in [1.165, 1.54) is 18.2 Å². The molecule has 0 heterocycles. The minimum atomic E-state index is -1.24. The van der Waals surface area contributed by atoms with Gasteiger partial charge in [0.05, 0.1) is 12.0 Å². The number of aliphatic hydroxyl groups is 1. The van der Waals surface area contributed by atoms with Crippen molar-refractivity contribution in [2.24, 2.45) is 5.92 Å². The average Bonchev–Trinajstić information content (AvgIpc) is 3.02. The Kier molecular flexibility index (Phi) is 9.35. The molecule has 4 nitrogen and oxygen atoms in total. The molecule has 3 aromatic carbocycles. The van der Waals surface area contributed by atoms with Gasteiger partial charge in [-0.25, -0.2) is 13.2 Å². The first-order valence-corrected chi connectivity index (χ1v) is 14.7. The number of carbonyl (C=O) groups excluding carboxylic acids is 1. The summed E-state index contributed by atoms with van der Waals surface area (Å²) >= 11 is 0. The van der Waals surface area contributed by atoms with Crippen molar-refractivity contribution in [3.63, 3.8) is 0 Å². The van der Waals surface area contributed by atoms with E-state index in [-0.39, 0.29) is 28.6 Å². The molecule has 3 unspecified atom stereocenters. The highest BCUT2D eigenvalue weighted by Gasteiger charge is 2.27. The maximum absolute atomic E-state index is 14.8. The van der Waals surface area contributed by atoms with Crippen LogP contribution in [0.4, 0.5) is 17.6 Å². The van der Waals surface area contributed by atoms with Crippen LogP contribution in [0.2, 0.25) is 0 Å². The molecule has 0 aliphatic heterocycles. The van der Waals surface area contributed by atoms with Crippen molar-refractivity contribution < 1.29 is 37.3 Å². The van der Waals surface area contributed by atoms with E-state index in [1.54, 1.807) is 18.2 Å². The summed E-state index contributed by atoms with van der Waals surface area (Å²) in [6.07, 6.45) is 6.68. The van der Waals surface area contributed by atoms with Gasteiger partial charge in [0.25, 0.3) is 0 Å². The van der Waals surface area contributed by atoms with Gasteiger partial charge in [-0.2, -0.15) is 4.39 Å². The Morgan fingerprint density at radius 3 is 2.07 bits per heavy atom. The third-order valence-corrected chi connectivity index (χ3v) is 8.51. The number of hydrogen-bond acceptors (Lipinski definition) is 4. The van der Waals surface area contributed by atoms with E-state index in [4.69, 9.17) is 4.74 Å². The van der Waals surface area contributed by atoms with Gasteiger partial charge >= 0.3 is 5.97 Å². The van der Waals surface area contributed by atoms with E-state index >= 15 is 0 Å². The van der Waals surface area contributed by atoms with Gasteiger partial charge in [0, 0.05) is 16.7 Å². The number of phenolic OH excluding ortho intramolecular Hbond substituents is 1. The lowest BCUT2D eigenvalue weighted by Gasteiger charge is -2.23. The summed E-state index contributed by atoms with van der Waals surface area (Å²) < 4.78 is 63.2. The summed E-state index contributed by atoms with van der Waals surface area (Å²) in [4.78, 5) is 12.8.